The van der Waals surface area contributed by atoms with Crippen LogP contribution in [0.5, 0.6) is 0 Å². The smallest absolute Gasteiger partial charge is 0.309 e. The van der Waals surface area contributed by atoms with Crippen LogP contribution in [0.4, 0.5) is 0 Å². The fourth-order valence-electron chi connectivity index (χ4n) is 1.87. The summed E-state index contributed by atoms with van der Waals surface area (Å²) in [6, 6.07) is 0. The molecule has 0 amide bonds. The van der Waals surface area contributed by atoms with E-state index in [1.165, 1.54) is 23.3 Å². The number of H-pyrrole nitrogens is 1. The van der Waals surface area contributed by atoms with E-state index in [0.717, 1.165) is 0 Å². The molecule has 0 spiro atoms. The molecule has 2 aromatic heterocycles. The molecule has 2 heterocycles. The first-order valence-corrected chi connectivity index (χ1v) is 7.37. The molecule has 0 saturated heterocycles. The van der Waals surface area contributed by atoms with Crippen LogP contribution in [-0.4, -0.2) is 30.6 Å². The average molecular weight is 308 g/mol. The van der Waals surface area contributed by atoms with E-state index in [0.29, 0.717) is 22.9 Å². The predicted octanol–water partition coefficient (Wildman–Crippen LogP) is 0.680. The standard InChI is InChI=1S/C13H16N4O3S/c1-4-5-6-17-9-10(14-13(17)21-7-8(2)18)16(3)12(20)15-11(9)19/h4-5H,6-7H2,1-3H3,(H,15,19,20)/b5-4+. The zero-order valence-electron chi connectivity index (χ0n) is 12.0. The van der Waals surface area contributed by atoms with Gasteiger partial charge in [-0.15, -0.1) is 0 Å². The van der Waals surface area contributed by atoms with E-state index >= 15 is 0 Å². The summed E-state index contributed by atoms with van der Waals surface area (Å²) in [5.41, 5.74) is -0.327. The summed E-state index contributed by atoms with van der Waals surface area (Å²) in [5.74, 6) is 0.290. The summed E-state index contributed by atoms with van der Waals surface area (Å²) < 4.78 is 3.00. The van der Waals surface area contributed by atoms with Gasteiger partial charge in [0.1, 0.15) is 5.78 Å². The average Bonchev–Trinajstić information content (AvgIpc) is 2.79. The zero-order valence-corrected chi connectivity index (χ0v) is 12.9. The number of thioether (sulfide) groups is 1. The van der Waals surface area contributed by atoms with Gasteiger partial charge in [0, 0.05) is 13.6 Å². The van der Waals surface area contributed by atoms with E-state index in [9.17, 15) is 14.4 Å². The molecule has 0 bridgehead atoms. The van der Waals surface area contributed by atoms with Crippen LogP contribution >= 0.6 is 11.8 Å². The number of imidazole rings is 1. The molecule has 0 fully saturated rings. The number of Topliss-reactive ketones (excluding diaryl/α,β-unsaturated/α-hetero) is 1. The van der Waals surface area contributed by atoms with E-state index < -0.39 is 11.2 Å². The quantitative estimate of drug-likeness (QED) is 0.648. The Hall–Kier alpha value is -2.09. The molecule has 0 aliphatic carbocycles. The summed E-state index contributed by atoms with van der Waals surface area (Å²) in [4.78, 5) is 41.5. The van der Waals surface area contributed by atoms with Crippen molar-refractivity contribution in [2.45, 2.75) is 25.5 Å². The Morgan fingerprint density at radius 3 is 2.76 bits per heavy atom. The molecule has 2 rings (SSSR count). The highest BCUT2D eigenvalue weighted by Crippen LogP contribution is 2.21. The van der Waals surface area contributed by atoms with Crippen LogP contribution in [0.3, 0.4) is 0 Å². The van der Waals surface area contributed by atoms with Crippen molar-refractivity contribution in [2.24, 2.45) is 7.05 Å². The number of carbonyl (C=O) groups is 1. The topological polar surface area (TPSA) is 89.8 Å². The lowest BCUT2D eigenvalue weighted by Gasteiger charge is -2.04. The van der Waals surface area contributed by atoms with Crippen molar-refractivity contribution in [1.29, 1.82) is 0 Å². The van der Waals surface area contributed by atoms with Crippen LogP contribution < -0.4 is 11.2 Å². The van der Waals surface area contributed by atoms with Crippen LogP contribution in [0, 0.1) is 0 Å². The highest BCUT2D eigenvalue weighted by atomic mass is 32.2. The Morgan fingerprint density at radius 1 is 1.43 bits per heavy atom. The van der Waals surface area contributed by atoms with Crippen LogP contribution in [0.1, 0.15) is 13.8 Å². The summed E-state index contributed by atoms with van der Waals surface area (Å²) >= 11 is 1.25. The third-order valence-corrected chi connectivity index (χ3v) is 4.02. The van der Waals surface area contributed by atoms with E-state index in [1.54, 1.807) is 11.6 Å². The van der Waals surface area contributed by atoms with E-state index in [2.05, 4.69) is 9.97 Å². The molecular weight excluding hydrogens is 292 g/mol. The van der Waals surface area contributed by atoms with Crippen molar-refractivity contribution in [1.82, 2.24) is 19.1 Å². The molecule has 0 aliphatic heterocycles. The first-order valence-electron chi connectivity index (χ1n) is 6.38. The maximum atomic E-state index is 12.1. The molecule has 1 N–H and O–H groups in total. The fourth-order valence-corrected chi connectivity index (χ4v) is 2.68. The molecule has 112 valence electrons. The molecule has 0 saturated carbocycles. The molecule has 0 atom stereocenters. The normalized spacial score (nSPS) is 11.6. The van der Waals surface area contributed by atoms with Crippen molar-refractivity contribution < 1.29 is 4.79 Å². The largest absolute Gasteiger partial charge is 0.329 e. The number of nitrogens with one attached hydrogen (secondary N) is 1. The van der Waals surface area contributed by atoms with Crippen LogP contribution in [0.2, 0.25) is 0 Å². The molecule has 7 nitrogen and oxygen atoms in total. The maximum absolute atomic E-state index is 12.1. The second kappa shape index (κ2) is 6.13. The highest BCUT2D eigenvalue weighted by molar-refractivity contribution is 7.99. The van der Waals surface area contributed by atoms with Crippen molar-refractivity contribution in [3.05, 3.63) is 33.0 Å². The number of fused-ring (bicyclic) bond motifs is 1. The highest BCUT2D eigenvalue weighted by Gasteiger charge is 2.17. The van der Waals surface area contributed by atoms with Crippen molar-refractivity contribution >= 4 is 28.7 Å². The molecule has 2 aromatic rings. The molecule has 21 heavy (non-hydrogen) atoms. The Balaban J connectivity index is 2.69. The van der Waals surface area contributed by atoms with Crippen LogP contribution in [0.25, 0.3) is 11.2 Å². The summed E-state index contributed by atoms with van der Waals surface area (Å²) in [6.07, 6.45) is 3.74. The third kappa shape index (κ3) is 2.99. The minimum Gasteiger partial charge on any atom is -0.309 e. The van der Waals surface area contributed by atoms with E-state index in [1.807, 2.05) is 19.1 Å². The number of allylic oxidation sites excluding steroid dienone is 2. The molecule has 0 radical (unpaired) electrons. The number of ketones is 1. The van der Waals surface area contributed by atoms with Crippen molar-refractivity contribution in [3.63, 3.8) is 0 Å². The minimum atomic E-state index is -0.508. The number of aromatic nitrogens is 4. The lowest BCUT2D eigenvalue weighted by Crippen LogP contribution is -2.29. The van der Waals surface area contributed by atoms with Gasteiger partial charge < -0.3 is 4.57 Å². The van der Waals surface area contributed by atoms with E-state index in [-0.39, 0.29) is 11.5 Å². The first-order chi connectivity index (χ1) is 9.95. The molecule has 0 aliphatic rings. The fraction of sp³-hybridized carbons (Fsp3) is 0.385. The van der Waals surface area contributed by atoms with Gasteiger partial charge >= 0.3 is 5.69 Å². The number of hydrogen-bond acceptors (Lipinski definition) is 5. The number of carbonyl (C=O) groups excluding carboxylic acids is 1. The summed E-state index contributed by atoms with van der Waals surface area (Å²) in [6.45, 7) is 3.82. The number of aromatic amines is 1. The second-order valence-corrected chi connectivity index (χ2v) is 5.50. The lowest BCUT2D eigenvalue weighted by atomic mass is 10.4. The van der Waals surface area contributed by atoms with Gasteiger partial charge in [-0.05, 0) is 13.8 Å². The second-order valence-electron chi connectivity index (χ2n) is 4.56. The Bertz CT molecular complexity index is 828. The Kier molecular flexibility index (Phi) is 4.46. The zero-order chi connectivity index (χ0) is 15.6. The van der Waals surface area contributed by atoms with Gasteiger partial charge in [-0.2, -0.15) is 0 Å². The summed E-state index contributed by atoms with van der Waals surface area (Å²) in [7, 11) is 1.55. The Labute approximate surface area is 124 Å². The number of hydrogen-bond donors (Lipinski definition) is 1. The van der Waals surface area contributed by atoms with Gasteiger partial charge in [0.25, 0.3) is 5.56 Å². The van der Waals surface area contributed by atoms with Gasteiger partial charge in [0.2, 0.25) is 0 Å². The predicted molar refractivity (Wildman–Crippen MR) is 81.8 cm³/mol. The van der Waals surface area contributed by atoms with Gasteiger partial charge in [-0.1, -0.05) is 23.9 Å². The number of rotatable bonds is 5. The van der Waals surface area contributed by atoms with Gasteiger partial charge in [0.15, 0.2) is 16.3 Å². The van der Waals surface area contributed by atoms with Crippen molar-refractivity contribution in [2.75, 3.05) is 5.75 Å². The minimum absolute atomic E-state index is 0.0208. The SMILES string of the molecule is C/C=C/Cn1c(SCC(C)=O)nc2c1c(=O)[nH]c(=O)n2C. The van der Waals surface area contributed by atoms with Gasteiger partial charge in [-0.25, -0.2) is 9.78 Å². The lowest BCUT2D eigenvalue weighted by molar-refractivity contribution is -0.114. The first kappa shape index (κ1) is 15.3. The van der Waals surface area contributed by atoms with Gasteiger partial charge in [0.05, 0.1) is 5.75 Å². The van der Waals surface area contributed by atoms with Gasteiger partial charge in [-0.3, -0.25) is 19.1 Å². The Morgan fingerprint density at radius 2 is 2.14 bits per heavy atom. The van der Waals surface area contributed by atoms with Crippen LogP contribution in [-0.2, 0) is 18.4 Å². The monoisotopic (exact) mass is 308 g/mol. The number of aryl methyl sites for hydroxylation is 1. The maximum Gasteiger partial charge on any atom is 0.329 e. The molecule has 8 heteroatoms. The van der Waals surface area contributed by atoms with Crippen LogP contribution in [0.15, 0.2) is 26.9 Å². The van der Waals surface area contributed by atoms with E-state index in [4.69, 9.17) is 0 Å². The molecular formula is C13H16N4O3S. The molecule has 0 unspecified atom stereocenters. The number of nitrogens with zero attached hydrogens (tertiary/aromatic N) is 3. The van der Waals surface area contributed by atoms with Crippen molar-refractivity contribution in [3.8, 4) is 0 Å². The summed E-state index contributed by atoms with van der Waals surface area (Å²) in [5, 5.41) is 0.546. The molecule has 0 aromatic carbocycles. The third-order valence-electron chi connectivity index (χ3n) is 2.90.